The van der Waals surface area contributed by atoms with Crippen LogP contribution in [0.25, 0.3) is 0 Å². The summed E-state index contributed by atoms with van der Waals surface area (Å²) in [4.78, 5) is 50.7. The highest BCUT2D eigenvalue weighted by Crippen LogP contribution is 2.18. The smallest absolute Gasteiger partial charge is 0.253 e. The minimum absolute atomic E-state index is 0.200. The third-order valence-electron chi connectivity index (χ3n) is 6.54. The highest BCUT2D eigenvalue weighted by Gasteiger charge is 2.15. The van der Waals surface area contributed by atoms with E-state index in [9.17, 15) is 19.2 Å². The van der Waals surface area contributed by atoms with Gasteiger partial charge >= 0.3 is 0 Å². The Morgan fingerprint density at radius 1 is 0.452 bits per heavy atom. The molecule has 0 heterocycles. The molecule has 42 heavy (non-hydrogen) atoms. The van der Waals surface area contributed by atoms with Crippen LogP contribution in [0.5, 0.6) is 0 Å². The van der Waals surface area contributed by atoms with E-state index in [0.29, 0.717) is 48.4 Å². The normalized spacial score (nSPS) is 10.4. The third-order valence-corrected chi connectivity index (χ3v) is 6.54. The zero-order valence-electron chi connectivity index (χ0n) is 23.3. The number of carbonyl (C=O) groups excluding carboxylic acids is 4. The average molecular weight is 563 g/mol. The van der Waals surface area contributed by atoms with Crippen LogP contribution in [-0.4, -0.2) is 23.6 Å². The van der Waals surface area contributed by atoms with Crippen molar-refractivity contribution in [3.05, 3.63) is 131 Å². The maximum absolute atomic E-state index is 12.7. The number of amides is 4. The van der Waals surface area contributed by atoms with Gasteiger partial charge in [-0.05, 0) is 48.2 Å². The van der Waals surface area contributed by atoms with Crippen LogP contribution in [0.1, 0.15) is 57.5 Å². The molecule has 8 nitrogen and oxygen atoms in total. The lowest BCUT2D eigenvalue weighted by Crippen LogP contribution is -2.25. The Morgan fingerprint density at radius 2 is 0.810 bits per heavy atom. The summed E-state index contributed by atoms with van der Waals surface area (Å²) in [5.74, 6) is -1.03. The van der Waals surface area contributed by atoms with Crippen LogP contribution in [0.2, 0.25) is 0 Å². The van der Waals surface area contributed by atoms with E-state index in [0.717, 1.165) is 11.1 Å². The second-order valence-corrected chi connectivity index (χ2v) is 9.73. The van der Waals surface area contributed by atoms with Crippen molar-refractivity contribution in [3.63, 3.8) is 0 Å². The quantitative estimate of drug-likeness (QED) is 0.157. The predicted octanol–water partition coefficient (Wildman–Crippen LogP) is 5.68. The Hall–Kier alpha value is -5.24. The van der Waals surface area contributed by atoms with Crippen molar-refractivity contribution in [3.8, 4) is 0 Å². The number of rotatable bonds is 13. The first-order valence-electron chi connectivity index (χ1n) is 13.9. The second kappa shape index (κ2) is 15.5. The number of unbranched alkanes of at least 4 members (excludes halogenated alkanes) is 1. The third kappa shape index (κ3) is 9.16. The summed E-state index contributed by atoms with van der Waals surface area (Å²) in [6, 6.07) is 32.9. The Labute approximate surface area is 245 Å². The summed E-state index contributed by atoms with van der Waals surface area (Å²) in [6.07, 6.45) is 1.37. The maximum atomic E-state index is 12.7. The lowest BCUT2D eigenvalue weighted by Gasteiger charge is -2.12. The van der Waals surface area contributed by atoms with Crippen molar-refractivity contribution < 1.29 is 19.2 Å². The number of benzene rings is 4. The van der Waals surface area contributed by atoms with Crippen molar-refractivity contribution in [2.75, 3.05) is 10.6 Å². The van der Waals surface area contributed by atoms with Crippen molar-refractivity contribution in [1.82, 2.24) is 10.6 Å². The Bertz CT molecular complexity index is 1390. The molecule has 0 bridgehead atoms. The number of para-hydroxylation sites is 2. The van der Waals surface area contributed by atoms with Gasteiger partial charge in [0.05, 0.1) is 22.5 Å². The Balaban J connectivity index is 1.20. The zero-order chi connectivity index (χ0) is 29.6. The molecule has 0 spiro atoms. The first-order valence-corrected chi connectivity index (χ1v) is 13.9. The van der Waals surface area contributed by atoms with Crippen LogP contribution in [0.3, 0.4) is 0 Å². The summed E-state index contributed by atoms with van der Waals surface area (Å²) in [6.45, 7) is 0.764. The van der Waals surface area contributed by atoms with E-state index in [-0.39, 0.29) is 36.5 Å². The summed E-state index contributed by atoms with van der Waals surface area (Å²) >= 11 is 0. The second-order valence-electron chi connectivity index (χ2n) is 9.73. The van der Waals surface area contributed by atoms with Crippen molar-refractivity contribution in [1.29, 1.82) is 0 Å². The largest absolute Gasteiger partial charge is 0.348 e. The van der Waals surface area contributed by atoms with Gasteiger partial charge in [-0.25, -0.2) is 0 Å². The first kappa shape index (κ1) is 29.7. The molecule has 0 aliphatic rings. The molecule has 4 rings (SSSR count). The summed E-state index contributed by atoms with van der Waals surface area (Å²) < 4.78 is 0. The van der Waals surface area contributed by atoms with Crippen molar-refractivity contribution in [2.24, 2.45) is 0 Å². The Morgan fingerprint density at radius 3 is 1.21 bits per heavy atom. The maximum Gasteiger partial charge on any atom is 0.253 e. The van der Waals surface area contributed by atoms with E-state index < -0.39 is 0 Å². The highest BCUT2D eigenvalue weighted by molar-refractivity contribution is 6.04. The number of nitrogens with one attached hydrogen (secondary N) is 4. The summed E-state index contributed by atoms with van der Waals surface area (Å²) in [5, 5.41) is 11.4. The van der Waals surface area contributed by atoms with E-state index in [1.165, 1.54) is 0 Å². The molecule has 8 heteroatoms. The van der Waals surface area contributed by atoms with Gasteiger partial charge in [0.1, 0.15) is 0 Å². The zero-order valence-corrected chi connectivity index (χ0v) is 23.3. The molecule has 0 saturated heterocycles. The van der Waals surface area contributed by atoms with Gasteiger partial charge in [0.2, 0.25) is 11.8 Å². The van der Waals surface area contributed by atoms with Crippen molar-refractivity contribution in [2.45, 2.75) is 38.8 Å². The van der Waals surface area contributed by atoms with E-state index in [4.69, 9.17) is 0 Å². The molecule has 4 amide bonds. The van der Waals surface area contributed by atoms with Crippen LogP contribution in [0.15, 0.2) is 109 Å². The topological polar surface area (TPSA) is 116 Å². The number of carbonyl (C=O) groups is 4. The van der Waals surface area contributed by atoms with Crippen LogP contribution >= 0.6 is 0 Å². The fraction of sp³-hybridized carbons (Fsp3) is 0.176. The molecule has 4 aromatic carbocycles. The molecule has 0 radical (unpaired) electrons. The van der Waals surface area contributed by atoms with Crippen LogP contribution < -0.4 is 21.3 Å². The van der Waals surface area contributed by atoms with Gasteiger partial charge in [-0.1, -0.05) is 84.9 Å². The average Bonchev–Trinajstić information content (AvgIpc) is 3.02. The first-order chi connectivity index (χ1) is 20.5. The van der Waals surface area contributed by atoms with Gasteiger partial charge in [-0.15, -0.1) is 0 Å². The molecule has 214 valence electrons. The van der Waals surface area contributed by atoms with Gasteiger partial charge in [0.15, 0.2) is 0 Å². The molecule has 0 aliphatic heterocycles. The molecular formula is C34H34N4O4. The summed E-state index contributed by atoms with van der Waals surface area (Å²) in [5.41, 5.74) is 3.60. The van der Waals surface area contributed by atoms with Gasteiger partial charge < -0.3 is 21.3 Å². The standard InChI is InChI=1S/C34H34N4O4/c39-31(37-29-19-9-7-17-27(29)33(41)35-23-25-13-3-1-4-14-25)21-11-12-22-32(40)38-30-20-10-8-18-28(30)34(42)36-24-26-15-5-2-6-16-26/h1-10,13-20H,11-12,21-24H2,(H,35,41)(H,36,42)(H,37,39)(H,38,40). The fourth-order valence-corrected chi connectivity index (χ4v) is 4.32. The van der Waals surface area contributed by atoms with Crippen LogP contribution in [0.4, 0.5) is 11.4 Å². The lowest BCUT2D eigenvalue weighted by atomic mass is 10.1. The molecule has 0 fully saturated rings. The van der Waals surface area contributed by atoms with E-state index in [1.807, 2.05) is 60.7 Å². The molecule has 0 aliphatic carbocycles. The van der Waals surface area contributed by atoms with Gasteiger partial charge in [0, 0.05) is 25.9 Å². The highest BCUT2D eigenvalue weighted by atomic mass is 16.2. The van der Waals surface area contributed by atoms with Crippen molar-refractivity contribution >= 4 is 35.0 Å². The molecule has 4 N–H and O–H groups in total. The predicted molar refractivity (Wildman–Crippen MR) is 164 cm³/mol. The van der Waals surface area contributed by atoms with Crippen LogP contribution in [-0.2, 0) is 22.7 Å². The molecule has 0 unspecified atom stereocenters. The summed E-state index contributed by atoms with van der Waals surface area (Å²) in [7, 11) is 0. The molecular weight excluding hydrogens is 528 g/mol. The van der Waals surface area contributed by atoms with Gasteiger partial charge in [-0.3, -0.25) is 19.2 Å². The van der Waals surface area contributed by atoms with E-state index >= 15 is 0 Å². The molecule has 0 aromatic heterocycles. The van der Waals surface area contributed by atoms with E-state index in [1.54, 1.807) is 48.5 Å². The Kier molecular flexibility index (Phi) is 11.0. The molecule has 4 aromatic rings. The van der Waals surface area contributed by atoms with Gasteiger partial charge in [-0.2, -0.15) is 0 Å². The monoisotopic (exact) mass is 562 g/mol. The SMILES string of the molecule is O=C(CCCCC(=O)Nc1ccccc1C(=O)NCc1ccccc1)Nc1ccccc1C(=O)NCc1ccccc1. The van der Waals surface area contributed by atoms with Gasteiger partial charge in [0.25, 0.3) is 11.8 Å². The molecule has 0 atom stereocenters. The minimum atomic E-state index is -0.277. The van der Waals surface area contributed by atoms with Crippen LogP contribution in [0, 0.1) is 0 Å². The van der Waals surface area contributed by atoms with E-state index in [2.05, 4.69) is 21.3 Å². The molecule has 0 saturated carbocycles. The fourth-order valence-electron chi connectivity index (χ4n) is 4.32. The number of hydrogen-bond acceptors (Lipinski definition) is 4. The number of hydrogen-bond donors (Lipinski definition) is 4. The lowest BCUT2D eigenvalue weighted by molar-refractivity contribution is -0.118. The number of anilines is 2. The minimum Gasteiger partial charge on any atom is -0.348 e.